The van der Waals surface area contributed by atoms with Gasteiger partial charge in [-0.25, -0.2) is 0 Å². The lowest BCUT2D eigenvalue weighted by molar-refractivity contribution is -0.875. The molecule has 0 heterocycles. The van der Waals surface area contributed by atoms with Crippen LogP contribution in [0.2, 0.25) is 0 Å². The molecule has 0 amide bonds. The molecule has 0 saturated heterocycles. The molecule has 6 heteroatoms. The smallest absolute Gasteiger partial charge is 0.306 e. The average molecular weight is 473 g/mol. The summed E-state index contributed by atoms with van der Waals surface area (Å²) in [5.41, 5.74) is -1.94. The zero-order valence-electron chi connectivity index (χ0n) is 22.1. The Labute approximate surface area is 203 Å². The number of aliphatic hydroxyl groups excluding tert-OH is 1. The molecule has 0 saturated carbocycles. The SMILES string of the molecule is CCCCCCCCCCCCCCCCCC(O)CC(=O)C(O)(CC(=O)O)C[N+](C)(C)C. The molecule has 0 rings (SSSR count). The molecule has 6 nitrogen and oxygen atoms in total. The Morgan fingerprint density at radius 1 is 0.758 bits per heavy atom. The van der Waals surface area contributed by atoms with Crippen molar-refractivity contribution in [2.24, 2.45) is 0 Å². The van der Waals surface area contributed by atoms with E-state index in [4.69, 9.17) is 5.11 Å². The first kappa shape index (κ1) is 32.0. The first-order valence-corrected chi connectivity index (χ1v) is 13.5. The molecule has 0 spiro atoms. The zero-order valence-corrected chi connectivity index (χ0v) is 22.1. The molecule has 0 aliphatic rings. The highest BCUT2D eigenvalue weighted by molar-refractivity contribution is 5.91. The number of ketones is 1. The standard InChI is InChI=1S/C27H53NO5/c1-5-6-7-8-9-10-11-12-13-14-15-16-17-18-19-20-24(29)21-25(30)27(33,22-26(31)32)23-28(2,3)4/h24,29,33H,5-23H2,1-4H3/p+1. The van der Waals surface area contributed by atoms with Crippen molar-refractivity contribution in [1.82, 2.24) is 0 Å². The highest BCUT2D eigenvalue weighted by Gasteiger charge is 2.43. The van der Waals surface area contributed by atoms with E-state index in [2.05, 4.69) is 6.92 Å². The molecule has 0 fully saturated rings. The van der Waals surface area contributed by atoms with Crippen LogP contribution >= 0.6 is 0 Å². The molecule has 0 aliphatic carbocycles. The Morgan fingerprint density at radius 3 is 1.52 bits per heavy atom. The van der Waals surface area contributed by atoms with E-state index in [9.17, 15) is 19.8 Å². The third-order valence-corrected chi connectivity index (χ3v) is 6.26. The van der Waals surface area contributed by atoms with Crippen molar-refractivity contribution >= 4 is 11.8 Å². The Bertz CT molecular complexity index is 517. The molecule has 0 bridgehead atoms. The fraction of sp³-hybridized carbons (Fsp3) is 0.926. The van der Waals surface area contributed by atoms with Crippen LogP contribution in [0.4, 0.5) is 0 Å². The molecule has 196 valence electrons. The van der Waals surface area contributed by atoms with Gasteiger partial charge in [-0.1, -0.05) is 103 Å². The number of aliphatic hydroxyl groups is 2. The van der Waals surface area contributed by atoms with Gasteiger partial charge in [0.15, 0.2) is 11.4 Å². The normalized spacial score (nSPS) is 14.7. The number of aliphatic carboxylic acids is 1. The highest BCUT2D eigenvalue weighted by atomic mass is 16.4. The van der Waals surface area contributed by atoms with Crippen molar-refractivity contribution in [3.05, 3.63) is 0 Å². The largest absolute Gasteiger partial charge is 0.481 e. The highest BCUT2D eigenvalue weighted by Crippen LogP contribution is 2.21. The maximum atomic E-state index is 12.6. The number of rotatable bonds is 23. The summed E-state index contributed by atoms with van der Waals surface area (Å²) >= 11 is 0. The van der Waals surface area contributed by atoms with Crippen LogP contribution in [0.5, 0.6) is 0 Å². The summed E-state index contributed by atoms with van der Waals surface area (Å²) in [7, 11) is 5.39. The molecule has 0 radical (unpaired) electrons. The predicted molar refractivity (Wildman–Crippen MR) is 135 cm³/mol. The van der Waals surface area contributed by atoms with Gasteiger partial charge in [0.1, 0.15) is 6.54 Å². The molecule has 0 aromatic heterocycles. The van der Waals surface area contributed by atoms with Gasteiger partial charge in [-0.05, 0) is 6.42 Å². The summed E-state index contributed by atoms with van der Waals surface area (Å²) in [6, 6.07) is 0. The summed E-state index contributed by atoms with van der Waals surface area (Å²) < 4.78 is 0.269. The average Bonchev–Trinajstić information content (AvgIpc) is 2.68. The van der Waals surface area contributed by atoms with Crippen molar-refractivity contribution in [2.45, 2.75) is 134 Å². The Hall–Kier alpha value is -0.980. The fourth-order valence-corrected chi connectivity index (χ4v) is 4.53. The number of quaternary nitrogens is 1. The van der Waals surface area contributed by atoms with Gasteiger partial charge in [0.2, 0.25) is 0 Å². The number of hydrogen-bond acceptors (Lipinski definition) is 4. The first-order chi connectivity index (χ1) is 15.5. The number of hydrogen-bond donors (Lipinski definition) is 3. The quantitative estimate of drug-likeness (QED) is 0.135. The molecular weight excluding hydrogens is 418 g/mol. The third kappa shape index (κ3) is 19.1. The Kier molecular flexibility index (Phi) is 17.8. The molecule has 2 atom stereocenters. The van der Waals surface area contributed by atoms with Crippen LogP contribution < -0.4 is 0 Å². The van der Waals surface area contributed by atoms with Gasteiger partial charge in [0.25, 0.3) is 0 Å². The van der Waals surface area contributed by atoms with Gasteiger partial charge >= 0.3 is 5.97 Å². The molecule has 0 aliphatic heterocycles. The van der Waals surface area contributed by atoms with E-state index >= 15 is 0 Å². The number of carboxylic acids is 1. The van der Waals surface area contributed by atoms with Crippen LogP contribution in [0.3, 0.4) is 0 Å². The van der Waals surface area contributed by atoms with E-state index in [0.717, 1.165) is 19.3 Å². The summed E-state index contributed by atoms with van der Waals surface area (Å²) in [5.74, 6) is -1.79. The maximum Gasteiger partial charge on any atom is 0.306 e. The van der Waals surface area contributed by atoms with E-state index < -0.39 is 29.9 Å². The molecule has 2 unspecified atom stereocenters. The van der Waals surface area contributed by atoms with Crippen molar-refractivity contribution in [3.63, 3.8) is 0 Å². The minimum atomic E-state index is -1.94. The second kappa shape index (κ2) is 18.4. The van der Waals surface area contributed by atoms with E-state index in [1.807, 2.05) is 0 Å². The number of Topliss-reactive ketones (excluding diaryl/α,β-unsaturated/α-hetero) is 1. The summed E-state index contributed by atoms with van der Waals surface area (Å²) in [5, 5.41) is 30.0. The number of carbonyl (C=O) groups is 2. The van der Waals surface area contributed by atoms with Crippen LogP contribution in [0.15, 0.2) is 0 Å². The number of nitrogens with zero attached hydrogens (tertiary/aromatic N) is 1. The third-order valence-electron chi connectivity index (χ3n) is 6.26. The fourth-order valence-electron chi connectivity index (χ4n) is 4.53. The number of carboxylic acid groups (broad SMARTS) is 1. The van der Waals surface area contributed by atoms with Crippen LogP contribution in [-0.2, 0) is 9.59 Å². The maximum absolute atomic E-state index is 12.6. The first-order valence-electron chi connectivity index (χ1n) is 13.5. The van der Waals surface area contributed by atoms with Crippen LogP contribution in [0, 0.1) is 0 Å². The van der Waals surface area contributed by atoms with Gasteiger partial charge < -0.3 is 19.8 Å². The van der Waals surface area contributed by atoms with Crippen molar-refractivity contribution in [2.75, 3.05) is 27.7 Å². The zero-order chi connectivity index (χ0) is 25.2. The summed E-state index contributed by atoms with van der Waals surface area (Å²) in [4.78, 5) is 23.7. The van der Waals surface area contributed by atoms with Crippen molar-refractivity contribution < 1.29 is 29.4 Å². The lowest BCUT2D eigenvalue weighted by Crippen LogP contribution is -2.55. The van der Waals surface area contributed by atoms with Gasteiger partial charge in [-0.2, -0.15) is 0 Å². The van der Waals surface area contributed by atoms with E-state index in [1.54, 1.807) is 21.1 Å². The minimum Gasteiger partial charge on any atom is -0.481 e. The van der Waals surface area contributed by atoms with Gasteiger partial charge in [0, 0.05) is 6.42 Å². The lowest BCUT2D eigenvalue weighted by atomic mass is 9.88. The van der Waals surface area contributed by atoms with Crippen molar-refractivity contribution in [3.8, 4) is 0 Å². The number of unbranched alkanes of at least 4 members (excludes halogenated alkanes) is 14. The van der Waals surface area contributed by atoms with Crippen molar-refractivity contribution in [1.29, 1.82) is 0 Å². The van der Waals surface area contributed by atoms with Gasteiger partial charge in [-0.15, -0.1) is 0 Å². The minimum absolute atomic E-state index is 0.00378. The van der Waals surface area contributed by atoms with Gasteiger partial charge in [0.05, 0.1) is 33.7 Å². The van der Waals surface area contributed by atoms with E-state index in [1.165, 1.54) is 77.0 Å². The monoisotopic (exact) mass is 472 g/mol. The summed E-state index contributed by atoms with van der Waals surface area (Å²) in [6.45, 7) is 2.26. The van der Waals surface area contributed by atoms with Crippen LogP contribution in [0.1, 0.15) is 122 Å². The summed E-state index contributed by atoms with van der Waals surface area (Å²) in [6.07, 6.45) is 18.0. The Balaban J connectivity index is 3.83. The molecule has 0 aromatic carbocycles. The topological polar surface area (TPSA) is 94.8 Å². The van der Waals surface area contributed by atoms with Gasteiger partial charge in [-0.3, -0.25) is 9.59 Å². The second-order valence-electron chi connectivity index (χ2n) is 11.1. The molecule has 0 aromatic rings. The number of carbonyl (C=O) groups excluding carboxylic acids is 1. The Morgan fingerprint density at radius 2 is 1.15 bits per heavy atom. The predicted octanol–water partition coefficient (Wildman–Crippen LogP) is 5.48. The number of likely N-dealkylation sites (N-methyl/N-ethyl adjacent to an activating group) is 1. The molecular formula is C27H54NO5+. The van der Waals surface area contributed by atoms with Crippen LogP contribution in [0.25, 0.3) is 0 Å². The molecule has 33 heavy (non-hydrogen) atoms. The van der Waals surface area contributed by atoms with E-state index in [0.29, 0.717) is 6.42 Å². The lowest BCUT2D eigenvalue weighted by Gasteiger charge is -2.34. The van der Waals surface area contributed by atoms with E-state index in [-0.39, 0.29) is 17.4 Å². The second-order valence-corrected chi connectivity index (χ2v) is 11.1. The molecule has 3 N–H and O–H groups in total. The van der Waals surface area contributed by atoms with Crippen LogP contribution in [-0.4, -0.2) is 70.9 Å².